The van der Waals surface area contributed by atoms with Crippen LogP contribution in [0.2, 0.25) is 5.15 Å². The highest BCUT2D eigenvalue weighted by Crippen LogP contribution is 2.18. The SMILES string of the molecule is Nc1cnc(Cl)c(C(=O)OC2CCOC2)c1. The highest BCUT2D eigenvalue weighted by molar-refractivity contribution is 6.32. The average Bonchev–Trinajstić information content (AvgIpc) is 2.74. The minimum Gasteiger partial charge on any atom is -0.456 e. The Balaban J connectivity index is 2.10. The van der Waals surface area contributed by atoms with Crippen molar-refractivity contribution in [3.63, 3.8) is 0 Å². The standard InChI is InChI=1S/C10H11ClN2O3/c11-9-8(3-6(12)4-13-9)10(14)16-7-1-2-15-5-7/h3-4,7H,1-2,5,12H2. The Hall–Kier alpha value is -1.33. The van der Waals surface area contributed by atoms with E-state index in [9.17, 15) is 4.79 Å². The van der Waals surface area contributed by atoms with E-state index in [0.29, 0.717) is 25.3 Å². The number of pyridine rings is 1. The van der Waals surface area contributed by atoms with E-state index < -0.39 is 5.97 Å². The number of halogens is 1. The van der Waals surface area contributed by atoms with Crippen LogP contribution in [0.3, 0.4) is 0 Å². The van der Waals surface area contributed by atoms with Crippen molar-refractivity contribution in [1.82, 2.24) is 4.98 Å². The number of ether oxygens (including phenoxy) is 2. The van der Waals surface area contributed by atoms with Crippen molar-refractivity contribution in [1.29, 1.82) is 0 Å². The molecule has 1 aliphatic heterocycles. The van der Waals surface area contributed by atoms with Gasteiger partial charge in [0.15, 0.2) is 0 Å². The highest BCUT2D eigenvalue weighted by atomic mass is 35.5. The fraction of sp³-hybridized carbons (Fsp3) is 0.400. The summed E-state index contributed by atoms with van der Waals surface area (Å²) < 4.78 is 10.3. The smallest absolute Gasteiger partial charge is 0.341 e. The minimum absolute atomic E-state index is 0.0955. The van der Waals surface area contributed by atoms with Gasteiger partial charge in [-0.25, -0.2) is 9.78 Å². The highest BCUT2D eigenvalue weighted by Gasteiger charge is 2.22. The lowest BCUT2D eigenvalue weighted by Crippen LogP contribution is -2.18. The van der Waals surface area contributed by atoms with E-state index in [2.05, 4.69) is 4.98 Å². The van der Waals surface area contributed by atoms with Crippen molar-refractivity contribution >= 4 is 23.3 Å². The number of hydrogen-bond donors (Lipinski definition) is 1. The number of nitrogen functional groups attached to an aromatic ring is 1. The van der Waals surface area contributed by atoms with Crippen LogP contribution in [0.4, 0.5) is 5.69 Å². The molecule has 0 saturated carbocycles. The summed E-state index contributed by atoms with van der Waals surface area (Å²) >= 11 is 5.78. The molecule has 16 heavy (non-hydrogen) atoms. The third-order valence-electron chi connectivity index (χ3n) is 2.24. The first-order valence-corrected chi connectivity index (χ1v) is 5.24. The van der Waals surface area contributed by atoms with Crippen molar-refractivity contribution in [3.8, 4) is 0 Å². The van der Waals surface area contributed by atoms with E-state index in [4.69, 9.17) is 26.8 Å². The second-order valence-corrected chi connectivity index (χ2v) is 3.86. The molecule has 1 aromatic rings. The topological polar surface area (TPSA) is 74.4 Å². The molecule has 5 nitrogen and oxygen atoms in total. The largest absolute Gasteiger partial charge is 0.456 e. The molecule has 2 N–H and O–H groups in total. The fourth-order valence-electron chi connectivity index (χ4n) is 1.43. The van der Waals surface area contributed by atoms with E-state index in [0.717, 1.165) is 0 Å². The predicted octanol–water partition coefficient (Wildman–Crippen LogP) is 1.26. The number of anilines is 1. The molecule has 0 aromatic carbocycles. The molecule has 86 valence electrons. The number of hydrogen-bond acceptors (Lipinski definition) is 5. The van der Waals surface area contributed by atoms with Crippen molar-refractivity contribution in [2.75, 3.05) is 18.9 Å². The normalized spacial score (nSPS) is 19.7. The van der Waals surface area contributed by atoms with E-state index in [1.165, 1.54) is 12.3 Å². The molecular weight excluding hydrogens is 232 g/mol. The molecular formula is C10H11ClN2O3. The van der Waals surface area contributed by atoms with Gasteiger partial charge in [0.05, 0.1) is 30.7 Å². The van der Waals surface area contributed by atoms with Crippen LogP contribution in [-0.2, 0) is 9.47 Å². The first-order chi connectivity index (χ1) is 7.66. The first kappa shape index (κ1) is 11.2. The fourth-order valence-corrected chi connectivity index (χ4v) is 1.61. The van der Waals surface area contributed by atoms with Crippen LogP contribution < -0.4 is 5.73 Å². The zero-order valence-corrected chi connectivity index (χ0v) is 9.24. The summed E-state index contributed by atoms with van der Waals surface area (Å²) in [4.78, 5) is 15.5. The average molecular weight is 243 g/mol. The summed E-state index contributed by atoms with van der Waals surface area (Å²) in [6.07, 6.45) is 1.89. The maximum atomic E-state index is 11.7. The maximum absolute atomic E-state index is 11.7. The lowest BCUT2D eigenvalue weighted by atomic mass is 10.2. The molecule has 1 unspecified atom stereocenters. The zero-order chi connectivity index (χ0) is 11.5. The van der Waals surface area contributed by atoms with Crippen LogP contribution in [0.1, 0.15) is 16.8 Å². The number of carbonyl (C=O) groups is 1. The van der Waals surface area contributed by atoms with Crippen molar-refractivity contribution < 1.29 is 14.3 Å². The van der Waals surface area contributed by atoms with Gasteiger partial charge in [-0.1, -0.05) is 11.6 Å². The third kappa shape index (κ3) is 2.43. The van der Waals surface area contributed by atoms with E-state index >= 15 is 0 Å². The monoisotopic (exact) mass is 242 g/mol. The van der Waals surface area contributed by atoms with Gasteiger partial charge < -0.3 is 15.2 Å². The molecule has 2 rings (SSSR count). The number of rotatable bonds is 2. The zero-order valence-electron chi connectivity index (χ0n) is 8.48. The van der Waals surface area contributed by atoms with Crippen LogP contribution >= 0.6 is 11.6 Å². The Morgan fingerprint density at radius 2 is 2.50 bits per heavy atom. The lowest BCUT2D eigenvalue weighted by Gasteiger charge is -2.10. The Kier molecular flexibility index (Phi) is 3.26. The molecule has 1 saturated heterocycles. The Bertz CT molecular complexity index is 405. The molecule has 0 bridgehead atoms. The first-order valence-electron chi connectivity index (χ1n) is 4.86. The molecule has 2 heterocycles. The predicted molar refractivity (Wildman–Crippen MR) is 58.3 cm³/mol. The van der Waals surface area contributed by atoms with Crippen molar-refractivity contribution in [3.05, 3.63) is 23.0 Å². The van der Waals surface area contributed by atoms with E-state index in [-0.39, 0.29) is 16.8 Å². The molecule has 1 fully saturated rings. The van der Waals surface area contributed by atoms with Gasteiger partial charge in [-0.15, -0.1) is 0 Å². The second kappa shape index (κ2) is 4.67. The van der Waals surface area contributed by atoms with Gasteiger partial charge in [0.2, 0.25) is 0 Å². The van der Waals surface area contributed by atoms with Gasteiger partial charge in [0.1, 0.15) is 11.3 Å². The van der Waals surface area contributed by atoms with Gasteiger partial charge in [-0.05, 0) is 6.07 Å². The summed E-state index contributed by atoms with van der Waals surface area (Å²) in [6.45, 7) is 1.04. The van der Waals surface area contributed by atoms with E-state index in [1.54, 1.807) is 0 Å². The molecule has 0 radical (unpaired) electrons. The quantitative estimate of drug-likeness (QED) is 0.624. The van der Waals surface area contributed by atoms with E-state index in [1.807, 2.05) is 0 Å². The van der Waals surface area contributed by atoms with Crippen molar-refractivity contribution in [2.24, 2.45) is 0 Å². The second-order valence-electron chi connectivity index (χ2n) is 3.50. The number of esters is 1. The van der Waals surface area contributed by atoms with Crippen LogP contribution in [0.25, 0.3) is 0 Å². The van der Waals surface area contributed by atoms with Crippen LogP contribution in [0, 0.1) is 0 Å². The van der Waals surface area contributed by atoms with Gasteiger partial charge in [-0.2, -0.15) is 0 Å². The third-order valence-corrected chi connectivity index (χ3v) is 2.54. The number of nitrogens with two attached hydrogens (primary N) is 1. The lowest BCUT2D eigenvalue weighted by molar-refractivity contribution is 0.0270. The summed E-state index contributed by atoms with van der Waals surface area (Å²) in [5.74, 6) is -0.514. The number of aromatic nitrogens is 1. The number of nitrogens with zero attached hydrogens (tertiary/aromatic N) is 1. The Morgan fingerprint density at radius 3 is 3.19 bits per heavy atom. The molecule has 6 heteroatoms. The van der Waals surface area contributed by atoms with Gasteiger partial charge in [0, 0.05) is 6.42 Å². The Labute approximate surface area is 97.5 Å². The molecule has 1 aromatic heterocycles. The summed E-state index contributed by atoms with van der Waals surface area (Å²) in [6, 6.07) is 1.45. The van der Waals surface area contributed by atoms with Gasteiger partial charge in [-0.3, -0.25) is 0 Å². The Morgan fingerprint density at radius 1 is 1.69 bits per heavy atom. The molecule has 0 amide bonds. The van der Waals surface area contributed by atoms with Crippen LogP contribution in [0.15, 0.2) is 12.3 Å². The molecule has 0 aliphatic carbocycles. The van der Waals surface area contributed by atoms with Crippen LogP contribution in [0.5, 0.6) is 0 Å². The molecule has 1 atom stereocenters. The molecule has 0 spiro atoms. The number of carbonyl (C=O) groups excluding carboxylic acids is 1. The minimum atomic E-state index is -0.514. The summed E-state index contributed by atoms with van der Waals surface area (Å²) in [5.41, 5.74) is 6.08. The summed E-state index contributed by atoms with van der Waals surface area (Å²) in [5, 5.41) is 0.0955. The van der Waals surface area contributed by atoms with Gasteiger partial charge >= 0.3 is 5.97 Å². The summed E-state index contributed by atoms with van der Waals surface area (Å²) in [7, 11) is 0. The van der Waals surface area contributed by atoms with Gasteiger partial charge in [0.25, 0.3) is 0 Å². The maximum Gasteiger partial charge on any atom is 0.341 e. The van der Waals surface area contributed by atoms with Crippen LogP contribution in [-0.4, -0.2) is 30.3 Å². The van der Waals surface area contributed by atoms with Crippen molar-refractivity contribution in [2.45, 2.75) is 12.5 Å². The molecule has 1 aliphatic rings.